The number of hydrogen-bond acceptors (Lipinski definition) is 4. The third-order valence-electron chi connectivity index (χ3n) is 3.30. The van der Waals surface area contributed by atoms with Crippen LogP contribution in [0.15, 0.2) is 0 Å². The first kappa shape index (κ1) is 12.2. The van der Waals surface area contributed by atoms with Crippen molar-refractivity contribution in [1.29, 1.82) is 0 Å². The summed E-state index contributed by atoms with van der Waals surface area (Å²) in [4.78, 5) is 0. The van der Waals surface area contributed by atoms with E-state index < -0.39 is 0 Å². The van der Waals surface area contributed by atoms with Crippen LogP contribution in [0.3, 0.4) is 0 Å². The number of aliphatic hydroxyl groups excluding tert-OH is 1. The number of nitrogen functional groups attached to an aromatic ring is 1. The highest BCUT2D eigenvalue weighted by Crippen LogP contribution is 2.33. The average Bonchev–Trinajstić information content (AvgIpc) is 3.05. The molecule has 0 spiro atoms. The second-order valence-electron chi connectivity index (χ2n) is 5.21. The Kier molecular flexibility index (Phi) is 3.28. The summed E-state index contributed by atoms with van der Waals surface area (Å²) in [5, 5.41) is 17.4. The molecule has 0 radical (unpaired) electrons. The number of aryl methyl sites for hydroxylation is 1. The second-order valence-corrected chi connectivity index (χ2v) is 5.21. The van der Waals surface area contributed by atoms with Crippen LogP contribution in [0.4, 0.5) is 11.5 Å². The molecule has 0 aromatic carbocycles. The van der Waals surface area contributed by atoms with Crippen molar-refractivity contribution in [2.24, 2.45) is 13.0 Å². The number of aromatic nitrogens is 2. The van der Waals surface area contributed by atoms with Gasteiger partial charge >= 0.3 is 0 Å². The molecule has 17 heavy (non-hydrogen) atoms. The molecule has 0 aliphatic heterocycles. The van der Waals surface area contributed by atoms with E-state index in [2.05, 4.69) is 24.3 Å². The quantitative estimate of drug-likeness (QED) is 0.723. The van der Waals surface area contributed by atoms with E-state index in [9.17, 15) is 5.11 Å². The fourth-order valence-electron chi connectivity index (χ4n) is 2.05. The molecule has 4 N–H and O–H groups in total. The molecule has 1 unspecified atom stereocenters. The summed E-state index contributed by atoms with van der Waals surface area (Å²) in [6, 6.07) is 0. The van der Waals surface area contributed by atoms with Crippen LogP contribution in [0, 0.1) is 5.92 Å². The molecule has 1 fully saturated rings. The van der Waals surface area contributed by atoms with Crippen molar-refractivity contribution in [2.75, 3.05) is 17.6 Å². The summed E-state index contributed by atoms with van der Waals surface area (Å²) in [5.41, 5.74) is 7.67. The third-order valence-corrected chi connectivity index (χ3v) is 3.30. The van der Waals surface area contributed by atoms with Crippen LogP contribution in [-0.4, -0.2) is 27.5 Å². The van der Waals surface area contributed by atoms with E-state index in [0.29, 0.717) is 24.1 Å². The first-order valence-electron chi connectivity index (χ1n) is 6.25. The molecule has 1 aliphatic rings. The lowest BCUT2D eigenvalue weighted by atomic mass is 10.1. The van der Waals surface area contributed by atoms with E-state index in [1.807, 2.05) is 7.05 Å². The predicted octanol–water partition coefficient (Wildman–Crippen LogP) is 1.31. The first-order valence-corrected chi connectivity index (χ1v) is 6.25. The van der Waals surface area contributed by atoms with Crippen LogP contribution < -0.4 is 11.1 Å². The highest BCUT2D eigenvalue weighted by molar-refractivity contribution is 5.65. The van der Waals surface area contributed by atoms with Crippen LogP contribution in [0.2, 0.25) is 0 Å². The van der Waals surface area contributed by atoms with Gasteiger partial charge in [-0.2, -0.15) is 5.10 Å². The zero-order chi connectivity index (χ0) is 12.6. The molecule has 0 saturated heterocycles. The van der Waals surface area contributed by atoms with Gasteiger partial charge in [0.1, 0.15) is 5.82 Å². The van der Waals surface area contributed by atoms with Crippen molar-refractivity contribution in [3.05, 3.63) is 5.69 Å². The Morgan fingerprint density at radius 2 is 2.18 bits per heavy atom. The van der Waals surface area contributed by atoms with Gasteiger partial charge in [-0.25, -0.2) is 0 Å². The topological polar surface area (TPSA) is 76.1 Å². The Morgan fingerprint density at radius 3 is 2.65 bits per heavy atom. The standard InChI is InChI=1S/C12H22N4O/c1-7(2)11-10(13)12(16(3)15-11)14-6-9(17)8-4-5-8/h7-9,14,17H,4-6,13H2,1-3H3. The monoisotopic (exact) mass is 238 g/mol. The molecule has 1 heterocycles. The Hall–Kier alpha value is -1.23. The van der Waals surface area contributed by atoms with E-state index in [1.165, 1.54) is 0 Å². The molecule has 1 atom stereocenters. The molecule has 0 amide bonds. The lowest BCUT2D eigenvalue weighted by molar-refractivity contribution is 0.164. The van der Waals surface area contributed by atoms with E-state index in [0.717, 1.165) is 24.4 Å². The van der Waals surface area contributed by atoms with Crippen LogP contribution in [0.5, 0.6) is 0 Å². The van der Waals surface area contributed by atoms with E-state index in [-0.39, 0.29) is 6.10 Å². The molecule has 96 valence electrons. The van der Waals surface area contributed by atoms with Crippen molar-refractivity contribution in [3.63, 3.8) is 0 Å². The molecular formula is C12H22N4O. The molecule has 1 aliphatic carbocycles. The highest BCUT2D eigenvalue weighted by atomic mass is 16.3. The molecule has 1 aromatic rings. The summed E-state index contributed by atoms with van der Waals surface area (Å²) in [7, 11) is 1.87. The minimum absolute atomic E-state index is 0.271. The smallest absolute Gasteiger partial charge is 0.147 e. The lowest BCUT2D eigenvalue weighted by Gasteiger charge is -2.12. The van der Waals surface area contributed by atoms with Gasteiger partial charge in [0.2, 0.25) is 0 Å². The average molecular weight is 238 g/mol. The maximum Gasteiger partial charge on any atom is 0.147 e. The summed E-state index contributed by atoms with van der Waals surface area (Å²) in [5.74, 6) is 1.60. The van der Waals surface area contributed by atoms with E-state index in [4.69, 9.17) is 5.73 Å². The van der Waals surface area contributed by atoms with Crippen LogP contribution >= 0.6 is 0 Å². The SMILES string of the molecule is CC(C)c1nn(C)c(NCC(O)C2CC2)c1N. The van der Waals surface area contributed by atoms with Crippen LogP contribution in [0.1, 0.15) is 38.3 Å². The third kappa shape index (κ3) is 2.54. The molecule has 5 heteroatoms. The zero-order valence-corrected chi connectivity index (χ0v) is 10.8. The Morgan fingerprint density at radius 1 is 1.53 bits per heavy atom. The van der Waals surface area contributed by atoms with Gasteiger partial charge in [-0.3, -0.25) is 4.68 Å². The maximum atomic E-state index is 9.82. The first-order chi connectivity index (χ1) is 8.00. The fraction of sp³-hybridized carbons (Fsp3) is 0.750. The number of nitrogens with zero attached hydrogens (tertiary/aromatic N) is 2. The van der Waals surface area contributed by atoms with Gasteiger partial charge in [0.15, 0.2) is 0 Å². The highest BCUT2D eigenvalue weighted by Gasteiger charge is 2.29. The molecule has 0 bridgehead atoms. The molecule has 5 nitrogen and oxygen atoms in total. The van der Waals surface area contributed by atoms with Gasteiger partial charge in [0.05, 0.1) is 17.5 Å². The molecular weight excluding hydrogens is 216 g/mol. The van der Waals surface area contributed by atoms with E-state index in [1.54, 1.807) is 4.68 Å². The Labute approximate surface area is 102 Å². The van der Waals surface area contributed by atoms with Gasteiger partial charge in [-0.1, -0.05) is 13.8 Å². The maximum absolute atomic E-state index is 9.82. The van der Waals surface area contributed by atoms with Gasteiger partial charge in [0.25, 0.3) is 0 Å². The minimum atomic E-state index is -0.271. The molecule has 1 aromatic heterocycles. The van der Waals surface area contributed by atoms with Crippen LogP contribution in [0.25, 0.3) is 0 Å². The number of nitrogens with one attached hydrogen (secondary N) is 1. The Balaban J connectivity index is 2.04. The largest absolute Gasteiger partial charge is 0.394 e. The predicted molar refractivity (Wildman–Crippen MR) is 68.9 cm³/mol. The minimum Gasteiger partial charge on any atom is -0.394 e. The summed E-state index contributed by atoms with van der Waals surface area (Å²) >= 11 is 0. The summed E-state index contributed by atoms with van der Waals surface area (Å²) < 4.78 is 1.75. The number of rotatable bonds is 5. The number of nitrogens with two attached hydrogens (primary N) is 1. The van der Waals surface area contributed by atoms with E-state index >= 15 is 0 Å². The normalized spacial score (nSPS) is 17.5. The van der Waals surface area contributed by atoms with Gasteiger partial charge in [-0.05, 0) is 24.7 Å². The summed E-state index contributed by atoms with van der Waals surface area (Å²) in [6.45, 7) is 4.69. The van der Waals surface area contributed by atoms with Crippen molar-refractivity contribution < 1.29 is 5.11 Å². The van der Waals surface area contributed by atoms with Crippen molar-refractivity contribution in [1.82, 2.24) is 9.78 Å². The van der Waals surface area contributed by atoms with Gasteiger partial charge in [0, 0.05) is 13.6 Å². The molecule has 2 rings (SSSR count). The second kappa shape index (κ2) is 4.56. The number of anilines is 2. The fourth-order valence-corrected chi connectivity index (χ4v) is 2.05. The van der Waals surface area contributed by atoms with Crippen LogP contribution in [-0.2, 0) is 7.05 Å². The van der Waals surface area contributed by atoms with Crippen molar-refractivity contribution >= 4 is 11.5 Å². The lowest BCUT2D eigenvalue weighted by Crippen LogP contribution is -2.22. The zero-order valence-electron chi connectivity index (χ0n) is 10.8. The number of aliphatic hydroxyl groups is 1. The Bertz CT molecular complexity index is 395. The van der Waals surface area contributed by atoms with Crippen molar-refractivity contribution in [3.8, 4) is 0 Å². The molecule has 1 saturated carbocycles. The van der Waals surface area contributed by atoms with Gasteiger partial charge < -0.3 is 16.2 Å². The van der Waals surface area contributed by atoms with Crippen molar-refractivity contribution in [2.45, 2.75) is 38.7 Å². The summed E-state index contributed by atoms with van der Waals surface area (Å²) in [6.07, 6.45) is 2.01. The van der Waals surface area contributed by atoms with Gasteiger partial charge in [-0.15, -0.1) is 0 Å². The number of hydrogen-bond donors (Lipinski definition) is 3.